The van der Waals surface area contributed by atoms with Crippen molar-refractivity contribution in [2.75, 3.05) is 5.32 Å². The number of fused-ring (bicyclic) bond motifs is 3. The molecule has 0 radical (unpaired) electrons. The zero-order valence-electron chi connectivity index (χ0n) is 27.0. The van der Waals surface area contributed by atoms with Crippen LogP contribution in [0.1, 0.15) is 49.4 Å². The molecule has 11 nitrogen and oxygen atoms in total. The SMILES string of the molecule is CC(=O)Oc1cccc2c(C3=CNC(/C4=C\[C@]56c7cc(ccc7OC5Nc5c(Br)cccc56)CCC(=O)NC(C(C)C)C(=O)N4)O3)c[nH]c12. The number of rotatable bonds is 4. The summed E-state index contributed by atoms with van der Waals surface area (Å²) in [5.74, 6) is 0.489. The van der Waals surface area contributed by atoms with Crippen LogP contribution in [0.3, 0.4) is 0 Å². The summed E-state index contributed by atoms with van der Waals surface area (Å²) < 4.78 is 19.5. The van der Waals surface area contributed by atoms with E-state index in [1.165, 1.54) is 6.92 Å². The second kappa shape index (κ2) is 11.7. The van der Waals surface area contributed by atoms with Crippen molar-refractivity contribution < 1.29 is 28.6 Å². The summed E-state index contributed by atoms with van der Waals surface area (Å²) in [4.78, 5) is 42.2. The van der Waals surface area contributed by atoms with E-state index in [4.69, 9.17) is 14.2 Å². The first kappa shape index (κ1) is 31.1. The van der Waals surface area contributed by atoms with Crippen molar-refractivity contribution in [3.8, 4) is 11.5 Å². The minimum atomic E-state index is -0.862. The molecule has 5 N–H and O–H groups in total. The summed E-state index contributed by atoms with van der Waals surface area (Å²) >= 11 is 3.72. The highest BCUT2D eigenvalue weighted by Crippen LogP contribution is 2.56. The maximum absolute atomic E-state index is 14.1. The van der Waals surface area contributed by atoms with Crippen molar-refractivity contribution >= 4 is 56.1 Å². The third kappa shape index (κ3) is 5.13. The van der Waals surface area contributed by atoms with Crippen LogP contribution >= 0.6 is 15.9 Å². The summed E-state index contributed by atoms with van der Waals surface area (Å²) in [6.45, 7) is 5.17. The van der Waals surface area contributed by atoms with Gasteiger partial charge in [0.05, 0.1) is 16.9 Å². The van der Waals surface area contributed by atoms with Gasteiger partial charge in [0.1, 0.15) is 23.0 Å². The molecular weight excluding hydrogens is 690 g/mol. The summed E-state index contributed by atoms with van der Waals surface area (Å²) in [6.07, 6.45) is 4.98. The molecule has 2 amide bonds. The monoisotopic (exact) mass is 723 g/mol. The van der Waals surface area contributed by atoms with Gasteiger partial charge in [-0.2, -0.15) is 0 Å². The molecule has 5 heterocycles. The molecule has 4 aromatic rings. The topological polar surface area (TPSA) is 143 Å². The second-order valence-electron chi connectivity index (χ2n) is 13.0. The van der Waals surface area contributed by atoms with Crippen molar-refractivity contribution in [3.63, 3.8) is 0 Å². The van der Waals surface area contributed by atoms with Gasteiger partial charge in [-0.3, -0.25) is 14.4 Å². The van der Waals surface area contributed by atoms with E-state index in [2.05, 4.69) is 54.3 Å². The normalized spacial score (nSPS) is 25.0. The molecule has 4 aliphatic rings. The minimum absolute atomic E-state index is 0.183. The van der Waals surface area contributed by atoms with Crippen LogP contribution in [0.25, 0.3) is 16.7 Å². The lowest BCUT2D eigenvalue weighted by Crippen LogP contribution is -2.51. The maximum Gasteiger partial charge on any atom is 0.308 e. The number of nitrogens with one attached hydrogen (secondary N) is 5. The standard InChI is InChI=1S/C37H34BrN5O6/c1-18(2)31-34(46)41-26(35-40-17-29(48-35)22-16-39-32-21(22)6-4-9-28(32)47-19(3)44)15-37-23-7-5-8-25(38)33(23)43-36(37)49-27-12-10-20(14-24(27)37)11-13-30(45)42-31/h4-10,12,14-18,31,35-36,39-40,43H,11,13H2,1-3H3,(H,41,46)(H,42,45)/b26-15+/t31?,35?,36?,37-/m0/s1. The first-order valence-corrected chi connectivity index (χ1v) is 17.0. The van der Waals surface area contributed by atoms with Gasteiger partial charge >= 0.3 is 5.97 Å². The number of aromatic amines is 1. The fourth-order valence-electron chi connectivity index (χ4n) is 7.22. The molecule has 49 heavy (non-hydrogen) atoms. The van der Waals surface area contributed by atoms with Crippen molar-refractivity contribution in [1.29, 1.82) is 0 Å². The number of H-pyrrole nitrogens is 1. The van der Waals surface area contributed by atoms with E-state index in [9.17, 15) is 14.4 Å². The van der Waals surface area contributed by atoms with Crippen LogP contribution in [-0.4, -0.2) is 41.3 Å². The van der Waals surface area contributed by atoms with Gasteiger partial charge in [-0.05, 0) is 63.7 Å². The predicted molar refractivity (Wildman–Crippen MR) is 186 cm³/mol. The van der Waals surface area contributed by atoms with Crippen LogP contribution in [-0.2, 0) is 31.0 Å². The Labute approximate surface area is 290 Å². The van der Waals surface area contributed by atoms with Crippen LogP contribution in [0.15, 0.2) is 83.2 Å². The molecule has 250 valence electrons. The van der Waals surface area contributed by atoms with Gasteiger partial charge in [0.2, 0.25) is 18.0 Å². The van der Waals surface area contributed by atoms with E-state index in [-0.39, 0.29) is 24.2 Å². The number of aromatic nitrogens is 1. The molecule has 4 atom stereocenters. The fourth-order valence-corrected chi connectivity index (χ4v) is 7.70. The lowest BCUT2D eigenvalue weighted by Gasteiger charge is -2.29. The van der Waals surface area contributed by atoms with E-state index in [0.717, 1.165) is 43.5 Å². The van der Waals surface area contributed by atoms with Gasteiger partial charge < -0.3 is 40.5 Å². The van der Waals surface area contributed by atoms with E-state index in [1.54, 1.807) is 18.5 Å². The Morgan fingerprint density at radius 1 is 1.02 bits per heavy atom. The lowest BCUT2D eigenvalue weighted by molar-refractivity contribution is -0.131. The highest BCUT2D eigenvalue weighted by Gasteiger charge is 2.55. The quantitative estimate of drug-likeness (QED) is 0.141. The van der Waals surface area contributed by atoms with Crippen molar-refractivity contribution in [3.05, 3.63) is 105 Å². The minimum Gasteiger partial charge on any atom is -0.469 e. The molecule has 2 bridgehead atoms. The van der Waals surface area contributed by atoms with Crippen molar-refractivity contribution in [2.24, 2.45) is 5.92 Å². The van der Waals surface area contributed by atoms with Crippen LogP contribution in [0.2, 0.25) is 0 Å². The Morgan fingerprint density at radius 2 is 1.86 bits per heavy atom. The summed E-state index contributed by atoms with van der Waals surface area (Å²) in [5, 5.41) is 13.8. The molecule has 0 saturated carbocycles. The molecule has 0 saturated heterocycles. The number of esters is 1. The first-order valence-electron chi connectivity index (χ1n) is 16.2. The smallest absolute Gasteiger partial charge is 0.308 e. The predicted octanol–water partition coefficient (Wildman–Crippen LogP) is 5.32. The molecule has 3 unspecified atom stereocenters. The third-order valence-electron chi connectivity index (χ3n) is 9.53. The van der Waals surface area contributed by atoms with Gasteiger partial charge in [0.25, 0.3) is 0 Å². The fraction of sp³-hybridized carbons (Fsp3) is 0.270. The number of hydrogen-bond donors (Lipinski definition) is 5. The largest absolute Gasteiger partial charge is 0.469 e. The molecule has 1 aromatic heterocycles. The number of anilines is 1. The summed E-state index contributed by atoms with van der Waals surface area (Å²) in [5.41, 5.74) is 4.77. The summed E-state index contributed by atoms with van der Waals surface area (Å²) in [6, 6.07) is 16.7. The van der Waals surface area contributed by atoms with Gasteiger partial charge in [0.15, 0.2) is 12.0 Å². The zero-order chi connectivity index (χ0) is 34.0. The van der Waals surface area contributed by atoms with Crippen molar-refractivity contribution in [1.82, 2.24) is 20.9 Å². The zero-order valence-corrected chi connectivity index (χ0v) is 28.6. The first-order chi connectivity index (χ1) is 23.6. The third-order valence-corrected chi connectivity index (χ3v) is 10.2. The highest BCUT2D eigenvalue weighted by atomic mass is 79.9. The molecular formula is C37H34BrN5O6. The average molecular weight is 725 g/mol. The second-order valence-corrected chi connectivity index (χ2v) is 13.9. The van der Waals surface area contributed by atoms with Crippen LogP contribution in [0.5, 0.6) is 11.5 Å². The Kier molecular flexibility index (Phi) is 7.43. The van der Waals surface area contributed by atoms with Crippen LogP contribution in [0, 0.1) is 5.92 Å². The highest BCUT2D eigenvalue weighted by molar-refractivity contribution is 9.10. The Morgan fingerprint density at radius 3 is 2.67 bits per heavy atom. The number of benzene rings is 3. The van der Waals surface area contributed by atoms with Crippen LogP contribution in [0.4, 0.5) is 5.69 Å². The molecule has 4 aliphatic heterocycles. The van der Waals surface area contributed by atoms with E-state index in [1.807, 2.05) is 56.3 Å². The van der Waals surface area contributed by atoms with Crippen molar-refractivity contribution in [2.45, 2.75) is 57.5 Å². The number of para-hydroxylation sites is 2. The molecule has 0 fully saturated rings. The molecule has 12 heteroatoms. The number of carbonyl (C=O) groups excluding carboxylic acids is 3. The van der Waals surface area contributed by atoms with E-state index >= 15 is 0 Å². The van der Waals surface area contributed by atoms with Gasteiger partial charge in [-0.25, -0.2) is 0 Å². The number of aryl methyl sites for hydroxylation is 1. The number of ether oxygens (including phenoxy) is 3. The average Bonchev–Trinajstić information content (AvgIpc) is 3.84. The maximum atomic E-state index is 14.1. The number of carbonyl (C=O) groups is 3. The Bertz CT molecular complexity index is 2120. The Balaban J connectivity index is 1.26. The summed E-state index contributed by atoms with van der Waals surface area (Å²) in [7, 11) is 0. The molecule has 1 spiro atoms. The van der Waals surface area contributed by atoms with Crippen LogP contribution < -0.4 is 30.7 Å². The van der Waals surface area contributed by atoms with Gasteiger partial charge in [-0.15, -0.1) is 0 Å². The molecule has 3 aromatic carbocycles. The van der Waals surface area contributed by atoms with Gasteiger partial charge in [0, 0.05) is 46.7 Å². The van der Waals surface area contributed by atoms with E-state index < -0.39 is 29.9 Å². The molecule has 0 aliphatic carbocycles. The number of amides is 2. The lowest BCUT2D eigenvalue weighted by atomic mass is 9.74. The number of halogens is 1. The van der Waals surface area contributed by atoms with Gasteiger partial charge in [-0.1, -0.05) is 50.2 Å². The number of hydrogen-bond acceptors (Lipinski definition) is 8. The Hall–Kier alpha value is -5.23. The molecule has 8 rings (SSSR count). The van der Waals surface area contributed by atoms with E-state index in [0.29, 0.717) is 29.1 Å².